The molecule has 1 unspecified atom stereocenters. The molecule has 0 bridgehead atoms. The minimum Gasteiger partial charge on any atom is -0.466 e. The fourth-order valence-corrected chi connectivity index (χ4v) is 3.90. The van der Waals surface area contributed by atoms with Crippen molar-refractivity contribution >= 4 is 17.6 Å². The zero-order valence-electron chi connectivity index (χ0n) is 18.2. The molecule has 12 heteroatoms. The molecule has 0 aromatic heterocycles. The van der Waals surface area contributed by atoms with Gasteiger partial charge in [-0.15, -0.1) is 8.78 Å². The number of nitrogens with two attached hydrogens (primary N) is 1. The maximum atomic E-state index is 15.2. The van der Waals surface area contributed by atoms with Crippen LogP contribution in [0.3, 0.4) is 0 Å². The maximum absolute atomic E-state index is 15.2. The number of benzene rings is 2. The van der Waals surface area contributed by atoms with Crippen LogP contribution in [0.1, 0.15) is 11.5 Å². The van der Waals surface area contributed by atoms with Crippen molar-refractivity contribution in [2.45, 2.75) is 12.2 Å². The number of hydrogen-bond donors (Lipinski definition) is 1. The predicted octanol–water partition coefficient (Wildman–Crippen LogP) is 3.04. The molecular formula is C23H16F3N3O6. The van der Waals surface area contributed by atoms with Crippen LogP contribution in [0.5, 0.6) is 11.5 Å². The quantitative estimate of drug-likeness (QED) is 0.648. The number of methoxy groups -OCH3 is 2. The lowest BCUT2D eigenvalue weighted by atomic mass is 9.81. The topological polar surface area (TPSA) is 124 Å². The van der Waals surface area contributed by atoms with E-state index in [9.17, 15) is 23.6 Å². The van der Waals surface area contributed by atoms with Crippen molar-refractivity contribution in [2.24, 2.45) is 5.73 Å². The van der Waals surface area contributed by atoms with Crippen molar-refractivity contribution in [1.29, 1.82) is 5.26 Å². The highest BCUT2D eigenvalue weighted by molar-refractivity contribution is 6.06. The zero-order valence-corrected chi connectivity index (χ0v) is 18.2. The molecule has 0 saturated carbocycles. The number of halogens is 3. The monoisotopic (exact) mass is 487 g/mol. The highest BCUT2D eigenvalue weighted by atomic mass is 19.3. The molecule has 2 aromatic carbocycles. The fourth-order valence-electron chi connectivity index (χ4n) is 3.90. The first-order chi connectivity index (χ1) is 16.6. The molecule has 2 aliphatic rings. The molecule has 0 fully saturated rings. The third kappa shape index (κ3) is 3.86. The first-order valence-electron chi connectivity index (χ1n) is 9.88. The van der Waals surface area contributed by atoms with Crippen LogP contribution in [0.25, 0.3) is 0 Å². The number of ether oxygens (including phenoxy) is 4. The van der Waals surface area contributed by atoms with Gasteiger partial charge in [-0.2, -0.15) is 5.26 Å². The van der Waals surface area contributed by atoms with Gasteiger partial charge in [-0.05, 0) is 5.56 Å². The van der Waals surface area contributed by atoms with Crippen molar-refractivity contribution in [1.82, 2.24) is 0 Å². The Balaban J connectivity index is 2.04. The van der Waals surface area contributed by atoms with E-state index in [4.69, 9.17) is 15.2 Å². The number of hydrogen-bond acceptors (Lipinski definition) is 9. The lowest BCUT2D eigenvalue weighted by Crippen LogP contribution is -2.41. The normalized spacial score (nSPS) is 18.3. The van der Waals surface area contributed by atoms with Crippen LogP contribution < -0.4 is 20.1 Å². The number of anilines is 1. The van der Waals surface area contributed by atoms with Crippen LogP contribution in [0.4, 0.5) is 18.9 Å². The summed E-state index contributed by atoms with van der Waals surface area (Å²) in [7, 11) is 2.06. The molecule has 2 N–H and O–H groups in total. The molecule has 9 nitrogen and oxygen atoms in total. The van der Waals surface area contributed by atoms with Gasteiger partial charge in [0.25, 0.3) is 0 Å². The minimum atomic E-state index is -4.05. The predicted molar refractivity (Wildman–Crippen MR) is 112 cm³/mol. The van der Waals surface area contributed by atoms with E-state index in [1.165, 1.54) is 0 Å². The van der Waals surface area contributed by atoms with Crippen LogP contribution in [0.2, 0.25) is 0 Å². The van der Waals surface area contributed by atoms with Crippen LogP contribution in [0, 0.1) is 17.1 Å². The molecule has 4 rings (SSSR count). The van der Waals surface area contributed by atoms with E-state index in [-0.39, 0.29) is 11.1 Å². The molecule has 0 saturated heterocycles. The van der Waals surface area contributed by atoms with Gasteiger partial charge in [-0.25, -0.2) is 14.0 Å². The highest BCUT2D eigenvalue weighted by Gasteiger charge is 2.47. The second-order valence-electron chi connectivity index (χ2n) is 7.25. The van der Waals surface area contributed by atoms with Crippen molar-refractivity contribution in [2.75, 3.05) is 19.1 Å². The average molecular weight is 487 g/mol. The van der Waals surface area contributed by atoms with Gasteiger partial charge in [-0.3, -0.25) is 4.90 Å². The van der Waals surface area contributed by atoms with Crippen LogP contribution in [-0.2, 0) is 19.1 Å². The molecule has 0 amide bonds. The van der Waals surface area contributed by atoms with E-state index in [1.54, 1.807) is 30.3 Å². The Kier molecular flexibility index (Phi) is 5.77. The van der Waals surface area contributed by atoms with Crippen molar-refractivity contribution in [3.05, 3.63) is 76.5 Å². The van der Waals surface area contributed by atoms with Gasteiger partial charge < -0.3 is 24.7 Å². The second kappa shape index (κ2) is 8.60. The second-order valence-corrected chi connectivity index (χ2v) is 7.25. The Morgan fingerprint density at radius 3 is 2.26 bits per heavy atom. The highest BCUT2D eigenvalue weighted by Crippen LogP contribution is 2.48. The lowest BCUT2D eigenvalue weighted by Gasteiger charge is -2.36. The third-order valence-corrected chi connectivity index (χ3v) is 5.32. The molecule has 0 spiro atoms. The Labute approximate surface area is 196 Å². The molecule has 1 atom stereocenters. The van der Waals surface area contributed by atoms with Gasteiger partial charge >= 0.3 is 18.2 Å². The Bertz CT molecular complexity index is 1330. The molecular weight excluding hydrogens is 471 g/mol. The smallest absolute Gasteiger partial charge is 0.466 e. The SMILES string of the molecule is COC(=O)C1=C(C(=O)OC)N(c2cc3c(cc2F)OC(F)(F)O3)C(N)=C(C#N)C1c1ccccc1. The summed E-state index contributed by atoms with van der Waals surface area (Å²) in [5, 5.41) is 9.96. The number of alkyl halides is 2. The Morgan fingerprint density at radius 2 is 1.69 bits per heavy atom. The Hall–Kier alpha value is -4.66. The van der Waals surface area contributed by atoms with Crippen molar-refractivity contribution < 1.29 is 41.7 Å². The molecule has 0 aliphatic carbocycles. The number of carbonyl (C=O) groups excluding carboxylic acids is 2. The van der Waals surface area contributed by atoms with Gasteiger partial charge in [-0.1, -0.05) is 30.3 Å². The van der Waals surface area contributed by atoms with E-state index in [0.29, 0.717) is 11.6 Å². The van der Waals surface area contributed by atoms with E-state index in [1.807, 2.05) is 6.07 Å². The summed E-state index contributed by atoms with van der Waals surface area (Å²) >= 11 is 0. The molecule has 2 heterocycles. The fraction of sp³-hybridized carbons (Fsp3) is 0.174. The number of carbonyl (C=O) groups is 2. The van der Waals surface area contributed by atoms with E-state index < -0.39 is 58.7 Å². The number of rotatable bonds is 4. The van der Waals surface area contributed by atoms with Gasteiger partial charge in [0.1, 0.15) is 11.5 Å². The van der Waals surface area contributed by atoms with Gasteiger partial charge in [0, 0.05) is 12.1 Å². The standard InChI is InChI=1S/C23H16F3N3O6/c1-32-21(30)18-17(11-6-4-3-5-7-11)12(10-27)20(28)29(19(18)22(31)33-2)14-9-16-15(8-13(14)24)34-23(25,26)35-16/h3-9,17H,28H2,1-2H3. The Morgan fingerprint density at radius 1 is 1.09 bits per heavy atom. The number of fused-ring (bicyclic) bond motifs is 1. The summed E-state index contributed by atoms with van der Waals surface area (Å²) in [6, 6.07) is 11.4. The summed E-state index contributed by atoms with van der Waals surface area (Å²) in [6.45, 7) is 0. The van der Waals surface area contributed by atoms with Crippen molar-refractivity contribution in [3.8, 4) is 17.6 Å². The third-order valence-electron chi connectivity index (χ3n) is 5.32. The first-order valence-corrected chi connectivity index (χ1v) is 9.88. The summed E-state index contributed by atoms with van der Waals surface area (Å²) in [5.74, 6) is -6.12. The van der Waals surface area contributed by atoms with Gasteiger partial charge in [0.05, 0.1) is 43.0 Å². The van der Waals surface area contributed by atoms with Crippen LogP contribution in [0.15, 0.2) is 65.1 Å². The summed E-state index contributed by atoms with van der Waals surface area (Å²) in [6.07, 6.45) is -4.05. The van der Waals surface area contributed by atoms with Gasteiger partial charge in [0.15, 0.2) is 17.3 Å². The maximum Gasteiger partial charge on any atom is 0.586 e. The van der Waals surface area contributed by atoms with E-state index in [0.717, 1.165) is 25.2 Å². The van der Waals surface area contributed by atoms with Crippen molar-refractivity contribution in [3.63, 3.8) is 0 Å². The van der Waals surface area contributed by atoms with E-state index in [2.05, 4.69) is 9.47 Å². The lowest BCUT2D eigenvalue weighted by molar-refractivity contribution is -0.286. The molecule has 2 aromatic rings. The van der Waals surface area contributed by atoms with Gasteiger partial charge in [0.2, 0.25) is 0 Å². The number of esters is 2. The van der Waals surface area contributed by atoms with Crippen LogP contribution >= 0.6 is 0 Å². The first kappa shape index (κ1) is 23.5. The summed E-state index contributed by atoms with van der Waals surface area (Å²) in [4.78, 5) is 26.6. The number of nitriles is 1. The largest absolute Gasteiger partial charge is 0.586 e. The average Bonchev–Trinajstić information content (AvgIpc) is 3.14. The molecule has 0 radical (unpaired) electrons. The minimum absolute atomic E-state index is 0.230. The molecule has 180 valence electrons. The van der Waals surface area contributed by atoms with Crippen LogP contribution in [-0.4, -0.2) is 32.5 Å². The zero-order chi connectivity index (χ0) is 25.5. The van der Waals surface area contributed by atoms with E-state index >= 15 is 4.39 Å². The summed E-state index contributed by atoms with van der Waals surface area (Å²) in [5.41, 5.74) is 4.89. The molecule has 2 aliphatic heterocycles. The molecule has 35 heavy (non-hydrogen) atoms. The number of nitrogens with zero attached hydrogens (tertiary/aromatic N) is 2. The number of allylic oxidation sites excluding steroid dienone is 1. The summed E-state index contributed by atoms with van der Waals surface area (Å²) < 4.78 is 60.6.